The Morgan fingerprint density at radius 3 is 3.11 bits per heavy atom. The minimum atomic E-state index is -3.33. The number of fused-ring (bicyclic) bond motifs is 1. The zero-order valence-electron chi connectivity index (χ0n) is 9.83. The molecule has 5 nitrogen and oxygen atoms in total. The maximum atomic E-state index is 12.3. The Kier molecular flexibility index (Phi) is 2.48. The van der Waals surface area contributed by atoms with Crippen molar-refractivity contribution in [3.63, 3.8) is 0 Å². The highest BCUT2D eigenvalue weighted by atomic mass is 32.2. The Morgan fingerprint density at radius 2 is 2.28 bits per heavy atom. The molecule has 0 N–H and O–H groups in total. The van der Waals surface area contributed by atoms with E-state index in [0.717, 1.165) is 0 Å². The number of hydrogen-bond acceptors (Lipinski definition) is 5. The van der Waals surface area contributed by atoms with Crippen LogP contribution in [0.5, 0.6) is 5.75 Å². The van der Waals surface area contributed by atoms with Gasteiger partial charge in [0.1, 0.15) is 5.75 Å². The van der Waals surface area contributed by atoms with E-state index >= 15 is 0 Å². The molecule has 0 bridgehead atoms. The van der Waals surface area contributed by atoms with E-state index in [-0.39, 0.29) is 11.8 Å². The van der Waals surface area contributed by atoms with Crippen LogP contribution in [0.15, 0.2) is 34.1 Å². The minimum Gasteiger partial charge on any atom is -0.453 e. The lowest BCUT2D eigenvalue weighted by Gasteiger charge is -2.16. The first-order valence-electron chi connectivity index (χ1n) is 5.66. The molecule has 0 saturated carbocycles. The van der Waals surface area contributed by atoms with Gasteiger partial charge >= 0.3 is 0 Å². The normalized spacial score (nSPS) is 24.8. The lowest BCUT2D eigenvalue weighted by Crippen LogP contribution is -2.18. The number of aliphatic imine (C=N–C) groups is 1. The van der Waals surface area contributed by atoms with Crippen LogP contribution in [0, 0.1) is 0 Å². The van der Waals surface area contributed by atoms with Crippen molar-refractivity contribution in [1.29, 1.82) is 0 Å². The van der Waals surface area contributed by atoms with Crippen LogP contribution in [0.1, 0.15) is 18.9 Å². The molecule has 1 atom stereocenters. The van der Waals surface area contributed by atoms with E-state index in [1.165, 1.54) is 12.4 Å². The lowest BCUT2D eigenvalue weighted by molar-refractivity contribution is 0.442. The molecule has 6 heteroatoms. The van der Waals surface area contributed by atoms with Crippen molar-refractivity contribution in [2.24, 2.45) is 4.99 Å². The first kappa shape index (κ1) is 11.4. The van der Waals surface area contributed by atoms with Gasteiger partial charge in [-0.1, -0.05) is 0 Å². The summed E-state index contributed by atoms with van der Waals surface area (Å²) in [6, 6.07) is 1.65. The van der Waals surface area contributed by atoms with Crippen LogP contribution in [0.2, 0.25) is 0 Å². The molecule has 3 rings (SSSR count). The average molecular weight is 264 g/mol. The van der Waals surface area contributed by atoms with Gasteiger partial charge in [0.2, 0.25) is 0 Å². The van der Waals surface area contributed by atoms with E-state index in [0.29, 0.717) is 28.4 Å². The maximum absolute atomic E-state index is 12.3. The molecule has 1 aromatic heterocycles. The molecular weight excluding hydrogens is 252 g/mol. The van der Waals surface area contributed by atoms with E-state index in [1.807, 2.05) is 6.92 Å². The zero-order chi connectivity index (χ0) is 12.8. The first-order chi connectivity index (χ1) is 8.56. The summed E-state index contributed by atoms with van der Waals surface area (Å²) in [7, 11) is -3.33. The van der Waals surface area contributed by atoms with Gasteiger partial charge in [0, 0.05) is 18.2 Å². The SMILES string of the molecule is CC1CC2=C(C=N1)Oc1cnccc1CS2(=O)=O. The largest absolute Gasteiger partial charge is 0.453 e. The van der Waals surface area contributed by atoms with Crippen LogP contribution in [0.4, 0.5) is 0 Å². The predicted molar refractivity (Wildman–Crippen MR) is 67.1 cm³/mol. The van der Waals surface area contributed by atoms with Crippen molar-refractivity contribution in [2.45, 2.75) is 25.1 Å². The van der Waals surface area contributed by atoms with Gasteiger partial charge in [0.25, 0.3) is 0 Å². The van der Waals surface area contributed by atoms with E-state index in [4.69, 9.17) is 4.74 Å². The molecule has 3 heterocycles. The smallest absolute Gasteiger partial charge is 0.182 e. The molecule has 0 aromatic carbocycles. The molecule has 0 aliphatic carbocycles. The Balaban J connectivity index is 2.17. The summed E-state index contributed by atoms with van der Waals surface area (Å²) in [6.45, 7) is 1.88. The fourth-order valence-electron chi connectivity index (χ4n) is 2.08. The molecule has 0 saturated heterocycles. The molecule has 0 radical (unpaired) electrons. The van der Waals surface area contributed by atoms with Gasteiger partial charge in [0.15, 0.2) is 15.6 Å². The number of hydrogen-bond donors (Lipinski definition) is 0. The molecule has 18 heavy (non-hydrogen) atoms. The number of allylic oxidation sites excluding steroid dienone is 1. The third-order valence-corrected chi connectivity index (χ3v) is 4.82. The van der Waals surface area contributed by atoms with Crippen LogP contribution >= 0.6 is 0 Å². The average Bonchev–Trinajstić information content (AvgIpc) is 2.43. The fourth-order valence-corrected chi connectivity index (χ4v) is 3.80. The second kappa shape index (κ2) is 3.91. The first-order valence-corrected chi connectivity index (χ1v) is 7.31. The van der Waals surface area contributed by atoms with Crippen molar-refractivity contribution in [3.8, 4) is 5.75 Å². The fraction of sp³-hybridized carbons (Fsp3) is 0.333. The number of sulfone groups is 1. The molecule has 1 unspecified atom stereocenters. The number of ether oxygens (including phenoxy) is 1. The van der Waals surface area contributed by atoms with Crippen LogP contribution in [-0.4, -0.2) is 25.7 Å². The lowest BCUT2D eigenvalue weighted by atomic mass is 10.2. The zero-order valence-corrected chi connectivity index (χ0v) is 10.6. The Morgan fingerprint density at radius 1 is 1.44 bits per heavy atom. The minimum absolute atomic E-state index is 0.0264. The Labute approximate surface area is 105 Å². The summed E-state index contributed by atoms with van der Waals surface area (Å²) in [6.07, 6.45) is 5.00. The van der Waals surface area contributed by atoms with E-state index in [9.17, 15) is 8.42 Å². The summed E-state index contributed by atoms with van der Waals surface area (Å²) in [5, 5.41) is 0. The van der Waals surface area contributed by atoms with E-state index < -0.39 is 9.84 Å². The topological polar surface area (TPSA) is 68.6 Å². The van der Waals surface area contributed by atoms with Gasteiger partial charge in [-0.15, -0.1) is 0 Å². The third-order valence-electron chi connectivity index (χ3n) is 3.01. The standard InChI is InChI=1S/C12H12N2O3S/c1-8-4-12-11(6-14-8)17-10-5-13-3-2-9(10)7-18(12,15)16/h2-3,5-6,8H,4,7H2,1H3. The summed E-state index contributed by atoms with van der Waals surface area (Å²) in [5.41, 5.74) is 0.639. The highest BCUT2D eigenvalue weighted by Crippen LogP contribution is 2.33. The van der Waals surface area contributed by atoms with Gasteiger partial charge in [-0.2, -0.15) is 0 Å². The van der Waals surface area contributed by atoms with Crippen molar-refractivity contribution >= 4 is 16.1 Å². The number of dihydropyridines is 1. The molecule has 0 spiro atoms. The maximum Gasteiger partial charge on any atom is 0.182 e. The van der Waals surface area contributed by atoms with Gasteiger partial charge < -0.3 is 4.74 Å². The van der Waals surface area contributed by atoms with Crippen molar-refractivity contribution in [3.05, 3.63) is 34.7 Å². The monoisotopic (exact) mass is 264 g/mol. The van der Waals surface area contributed by atoms with Gasteiger partial charge in [-0.05, 0) is 13.0 Å². The van der Waals surface area contributed by atoms with Crippen LogP contribution < -0.4 is 4.74 Å². The summed E-state index contributed by atoms with van der Waals surface area (Å²) >= 11 is 0. The number of pyridine rings is 1. The molecular formula is C12H12N2O3S. The molecule has 94 valence electrons. The second-order valence-electron chi connectivity index (χ2n) is 4.46. The van der Waals surface area contributed by atoms with Gasteiger partial charge in [0.05, 0.1) is 29.1 Å². The van der Waals surface area contributed by atoms with Gasteiger partial charge in [-0.3, -0.25) is 9.98 Å². The van der Waals surface area contributed by atoms with Crippen molar-refractivity contribution in [2.75, 3.05) is 0 Å². The molecule has 0 amide bonds. The molecule has 0 fully saturated rings. The summed E-state index contributed by atoms with van der Waals surface area (Å²) < 4.78 is 30.3. The van der Waals surface area contributed by atoms with E-state index in [1.54, 1.807) is 12.3 Å². The number of nitrogens with zero attached hydrogens (tertiary/aromatic N) is 2. The Bertz CT molecular complexity index is 662. The second-order valence-corrected chi connectivity index (χ2v) is 6.47. The summed E-state index contributed by atoms with van der Waals surface area (Å²) in [5.74, 6) is 0.788. The summed E-state index contributed by atoms with van der Waals surface area (Å²) in [4.78, 5) is 8.50. The molecule has 2 aliphatic heterocycles. The third kappa shape index (κ3) is 1.82. The molecule has 2 aliphatic rings. The predicted octanol–water partition coefficient (Wildman–Crippen LogP) is 1.46. The quantitative estimate of drug-likeness (QED) is 0.711. The van der Waals surface area contributed by atoms with Crippen LogP contribution in [0.3, 0.4) is 0 Å². The van der Waals surface area contributed by atoms with Crippen molar-refractivity contribution < 1.29 is 13.2 Å². The highest BCUT2D eigenvalue weighted by Gasteiger charge is 2.31. The van der Waals surface area contributed by atoms with Crippen LogP contribution in [0.25, 0.3) is 0 Å². The highest BCUT2D eigenvalue weighted by molar-refractivity contribution is 7.94. The van der Waals surface area contributed by atoms with Crippen LogP contribution in [-0.2, 0) is 15.6 Å². The van der Waals surface area contributed by atoms with Crippen molar-refractivity contribution in [1.82, 2.24) is 4.98 Å². The Hall–Kier alpha value is -1.69. The number of rotatable bonds is 0. The molecule has 1 aromatic rings. The number of aromatic nitrogens is 1. The van der Waals surface area contributed by atoms with Gasteiger partial charge in [-0.25, -0.2) is 8.42 Å². The van der Waals surface area contributed by atoms with E-state index in [2.05, 4.69) is 9.98 Å².